The Bertz CT molecular complexity index is 951. The van der Waals surface area contributed by atoms with Crippen molar-refractivity contribution in [1.82, 2.24) is 9.80 Å². The number of benzene rings is 2. The first-order valence-electron chi connectivity index (χ1n) is 10.6. The van der Waals surface area contributed by atoms with Crippen LogP contribution in [-0.2, 0) is 9.63 Å². The van der Waals surface area contributed by atoms with E-state index in [9.17, 15) is 14.7 Å². The predicted octanol–water partition coefficient (Wildman–Crippen LogP) is 2.55. The zero-order chi connectivity index (χ0) is 21.8. The first kappa shape index (κ1) is 21.1. The Kier molecular flexibility index (Phi) is 6.32. The van der Waals surface area contributed by atoms with Crippen LogP contribution in [-0.4, -0.2) is 71.3 Å². The Labute approximate surface area is 181 Å². The minimum Gasteiger partial charge on any atom is -0.399 e. The quantitative estimate of drug-likeness (QED) is 0.770. The molecule has 162 valence electrons. The summed E-state index contributed by atoms with van der Waals surface area (Å²) < 4.78 is 0. The molecular weight excluding hydrogens is 394 g/mol. The van der Waals surface area contributed by atoms with Crippen molar-refractivity contribution in [3.8, 4) is 11.1 Å². The van der Waals surface area contributed by atoms with Gasteiger partial charge in [0.05, 0.1) is 18.4 Å². The molecule has 2 heterocycles. The molecule has 0 unspecified atom stereocenters. The van der Waals surface area contributed by atoms with E-state index >= 15 is 0 Å². The number of aliphatic hydroxyl groups excluding tert-OH is 1. The van der Waals surface area contributed by atoms with Crippen molar-refractivity contribution in [3.63, 3.8) is 0 Å². The van der Waals surface area contributed by atoms with E-state index in [4.69, 9.17) is 4.84 Å². The molecular formula is C24H27N3O4. The summed E-state index contributed by atoms with van der Waals surface area (Å²) in [6, 6.07) is 16.8. The molecule has 7 heteroatoms. The maximum absolute atomic E-state index is 13.3. The van der Waals surface area contributed by atoms with Gasteiger partial charge in [-0.3, -0.25) is 9.59 Å². The van der Waals surface area contributed by atoms with E-state index in [-0.39, 0.29) is 24.5 Å². The smallest absolute Gasteiger partial charge is 0.254 e. The topological polar surface area (TPSA) is 82.4 Å². The maximum Gasteiger partial charge on any atom is 0.254 e. The number of piperidine rings is 1. The standard InChI is InChI=1S/C24H27N3O4/c1-31-25-20-15-22(24(30)26-13-11-21(28)12-14-26)27(16-20)23(29)19-9-7-18(8-10-19)17-5-3-2-4-6-17/h2-10,21-22,28H,11-16H2,1H3/t22-/m0/s1. The van der Waals surface area contributed by atoms with Gasteiger partial charge in [-0.1, -0.05) is 47.6 Å². The Morgan fingerprint density at radius 2 is 1.65 bits per heavy atom. The molecule has 7 nitrogen and oxygen atoms in total. The highest BCUT2D eigenvalue weighted by Gasteiger charge is 2.41. The first-order valence-corrected chi connectivity index (χ1v) is 10.6. The van der Waals surface area contributed by atoms with Crippen molar-refractivity contribution in [2.45, 2.75) is 31.4 Å². The SMILES string of the molecule is CON=C1C[C@@H](C(=O)N2CCC(O)CC2)N(C(=O)c2ccc(-c3ccccc3)cc2)C1. The molecule has 0 bridgehead atoms. The Balaban J connectivity index is 1.54. The molecule has 2 saturated heterocycles. The molecule has 2 aliphatic rings. The summed E-state index contributed by atoms with van der Waals surface area (Å²) in [5.74, 6) is -0.293. The van der Waals surface area contributed by atoms with Gasteiger partial charge in [0.15, 0.2) is 0 Å². The number of oxime groups is 1. The van der Waals surface area contributed by atoms with Gasteiger partial charge in [0.25, 0.3) is 5.91 Å². The third-order valence-corrected chi connectivity index (χ3v) is 5.94. The van der Waals surface area contributed by atoms with E-state index in [2.05, 4.69) is 5.16 Å². The molecule has 1 atom stereocenters. The highest BCUT2D eigenvalue weighted by atomic mass is 16.6. The van der Waals surface area contributed by atoms with Crippen LogP contribution in [0.3, 0.4) is 0 Å². The van der Waals surface area contributed by atoms with Gasteiger partial charge in [-0.05, 0) is 36.1 Å². The van der Waals surface area contributed by atoms with E-state index < -0.39 is 6.04 Å². The first-order chi connectivity index (χ1) is 15.1. The number of aliphatic hydroxyl groups is 1. The van der Waals surface area contributed by atoms with E-state index in [0.717, 1.165) is 11.1 Å². The van der Waals surface area contributed by atoms with E-state index in [1.807, 2.05) is 42.5 Å². The second-order valence-electron chi connectivity index (χ2n) is 7.99. The molecule has 0 saturated carbocycles. The second-order valence-corrected chi connectivity index (χ2v) is 7.99. The Morgan fingerprint density at radius 3 is 2.29 bits per heavy atom. The van der Waals surface area contributed by atoms with Crippen molar-refractivity contribution in [2.75, 3.05) is 26.7 Å². The van der Waals surface area contributed by atoms with Crippen LogP contribution in [0.5, 0.6) is 0 Å². The van der Waals surface area contributed by atoms with Gasteiger partial charge in [0, 0.05) is 25.1 Å². The average molecular weight is 421 g/mol. The molecule has 0 aliphatic carbocycles. The van der Waals surface area contributed by atoms with Crippen molar-refractivity contribution in [1.29, 1.82) is 0 Å². The number of amides is 2. The number of hydrogen-bond donors (Lipinski definition) is 1. The lowest BCUT2D eigenvalue weighted by atomic mass is 10.0. The molecule has 2 aromatic carbocycles. The largest absolute Gasteiger partial charge is 0.399 e. The monoisotopic (exact) mass is 421 g/mol. The van der Waals surface area contributed by atoms with E-state index in [1.54, 1.807) is 21.9 Å². The number of carbonyl (C=O) groups is 2. The number of likely N-dealkylation sites (tertiary alicyclic amines) is 2. The zero-order valence-corrected chi connectivity index (χ0v) is 17.6. The summed E-state index contributed by atoms with van der Waals surface area (Å²) in [4.78, 5) is 34.7. The van der Waals surface area contributed by atoms with Crippen LogP contribution in [0, 0.1) is 0 Å². The van der Waals surface area contributed by atoms with Gasteiger partial charge in [-0.2, -0.15) is 0 Å². The molecule has 31 heavy (non-hydrogen) atoms. The molecule has 2 fully saturated rings. The van der Waals surface area contributed by atoms with Crippen LogP contribution in [0.1, 0.15) is 29.6 Å². The summed E-state index contributed by atoms with van der Waals surface area (Å²) in [6.07, 6.45) is 1.12. The van der Waals surface area contributed by atoms with Crippen LogP contribution >= 0.6 is 0 Å². The predicted molar refractivity (Wildman–Crippen MR) is 118 cm³/mol. The molecule has 1 N–H and O–H groups in total. The van der Waals surface area contributed by atoms with E-state index in [1.165, 1.54) is 7.11 Å². The fourth-order valence-electron chi connectivity index (χ4n) is 4.23. The second kappa shape index (κ2) is 9.31. The molecule has 2 aliphatic heterocycles. The van der Waals surface area contributed by atoms with Crippen LogP contribution < -0.4 is 0 Å². The Hall–Kier alpha value is -3.19. The Morgan fingerprint density at radius 1 is 1.00 bits per heavy atom. The third kappa shape index (κ3) is 4.61. The highest BCUT2D eigenvalue weighted by molar-refractivity contribution is 6.05. The lowest BCUT2D eigenvalue weighted by Crippen LogP contribution is -2.50. The van der Waals surface area contributed by atoms with E-state index in [0.29, 0.717) is 43.6 Å². The number of rotatable bonds is 4. The number of carbonyl (C=O) groups excluding carboxylic acids is 2. The van der Waals surface area contributed by atoms with Gasteiger partial charge in [-0.25, -0.2) is 0 Å². The molecule has 0 aromatic heterocycles. The van der Waals surface area contributed by atoms with Gasteiger partial charge < -0.3 is 19.7 Å². The third-order valence-electron chi connectivity index (χ3n) is 5.94. The lowest BCUT2D eigenvalue weighted by Gasteiger charge is -2.33. The fraction of sp³-hybridized carbons (Fsp3) is 0.375. The fourth-order valence-corrected chi connectivity index (χ4v) is 4.23. The molecule has 0 spiro atoms. The number of hydrogen-bond acceptors (Lipinski definition) is 5. The van der Waals surface area contributed by atoms with Crippen LogP contribution in [0.4, 0.5) is 0 Å². The van der Waals surface area contributed by atoms with Crippen LogP contribution in [0.2, 0.25) is 0 Å². The molecule has 0 radical (unpaired) electrons. The molecule has 4 rings (SSSR count). The van der Waals surface area contributed by atoms with Crippen LogP contribution in [0.15, 0.2) is 59.8 Å². The van der Waals surface area contributed by atoms with Crippen molar-refractivity contribution < 1.29 is 19.5 Å². The number of nitrogens with zero attached hydrogens (tertiary/aromatic N) is 3. The zero-order valence-electron chi connectivity index (χ0n) is 17.6. The van der Waals surface area contributed by atoms with Crippen molar-refractivity contribution >= 4 is 17.5 Å². The lowest BCUT2D eigenvalue weighted by molar-refractivity contribution is -0.137. The van der Waals surface area contributed by atoms with Crippen molar-refractivity contribution in [2.24, 2.45) is 5.16 Å². The minimum absolute atomic E-state index is 0.0949. The minimum atomic E-state index is -0.606. The molecule has 2 aromatic rings. The summed E-state index contributed by atoms with van der Waals surface area (Å²) in [6.45, 7) is 1.27. The summed E-state index contributed by atoms with van der Waals surface area (Å²) in [7, 11) is 1.46. The van der Waals surface area contributed by atoms with Gasteiger partial charge >= 0.3 is 0 Å². The summed E-state index contributed by atoms with van der Waals surface area (Å²) >= 11 is 0. The normalized spacial score (nSPS) is 20.8. The highest BCUT2D eigenvalue weighted by Crippen LogP contribution is 2.25. The molecule has 2 amide bonds. The average Bonchev–Trinajstić information content (AvgIpc) is 3.23. The maximum atomic E-state index is 13.3. The van der Waals surface area contributed by atoms with Gasteiger partial charge in [0.2, 0.25) is 5.91 Å². The van der Waals surface area contributed by atoms with Crippen LogP contribution in [0.25, 0.3) is 11.1 Å². The summed E-state index contributed by atoms with van der Waals surface area (Å²) in [5, 5.41) is 13.7. The van der Waals surface area contributed by atoms with Crippen molar-refractivity contribution in [3.05, 3.63) is 60.2 Å². The van der Waals surface area contributed by atoms with Gasteiger partial charge in [-0.15, -0.1) is 0 Å². The summed E-state index contributed by atoms with van der Waals surface area (Å²) in [5.41, 5.74) is 3.31. The van der Waals surface area contributed by atoms with Gasteiger partial charge in [0.1, 0.15) is 13.2 Å².